The van der Waals surface area contributed by atoms with E-state index in [2.05, 4.69) is 10.6 Å². The summed E-state index contributed by atoms with van der Waals surface area (Å²) in [5.74, 6) is -0.240. The van der Waals surface area contributed by atoms with Crippen LogP contribution in [0, 0.1) is 0 Å². The number of ether oxygens (including phenoxy) is 1. The molecule has 1 aliphatic heterocycles. The van der Waals surface area contributed by atoms with Gasteiger partial charge in [-0.05, 0) is 41.8 Å². The number of hydrogen-bond acceptors (Lipinski definition) is 5. The lowest BCUT2D eigenvalue weighted by atomic mass is 10.1. The van der Waals surface area contributed by atoms with Crippen molar-refractivity contribution in [2.45, 2.75) is 24.7 Å². The van der Waals surface area contributed by atoms with E-state index in [-0.39, 0.29) is 23.1 Å². The lowest BCUT2D eigenvalue weighted by Gasteiger charge is -2.26. The number of sulfonamides is 1. The number of nitrogens with one attached hydrogen (secondary N) is 2. The van der Waals surface area contributed by atoms with Crippen LogP contribution in [0.1, 0.15) is 18.1 Å². The molecule has 0 unspecified atom stereocenters. The van der Waals surface area contributed by atoms with Gasteiger partial charge in [-0.15, -0.1) is 0 Å². The third-order valence-electron chi connectivity index (χ3n) is 4.91. The molecule has 3 rings (SSSR count). The lowest BCUT2D eigenvalue weighted by molar-refractivity contribution is -0.120. The Hall–Kier alpha value is -2.75. The van der Waals surface area contributed by atoms with Gasteiger partial charge >= 0.3 is 0 Å². The van der Waals surface area contributed by atoms with Crippen molar-refractivity contribution in [3.63, 3.8) is 0 Å². The fourth-order valence-corrected chi connectivity index (χ4v) is 4.68. The van der Waals surface area contributed by atoms with Crippen LogP contribution in [0.5, 0.6) is 0 Å². The van der Waals surface area contributed by atoms with Crippen molar-refractivity contribution in [3.8, 4) is 0 Å². The minimum Gasteiger partial charge on any atom is -0.379 e. The molecule has 0 spiro atoms. The van der Waals surface area contributed by atoms with Gasteiger partial charge in [-0.1, -0.05) is 24.3 Å². The Bertz CT molecular complexity index is 998. The zero-order valence-corrected chi connectivity index (χ0v) is 18.3. The van der Waals surface area contributed by atoms with E-state index in [0.29, 0.717) is 45.0 Å². The molecule has 1 aliphatic rings. The van der Waals surface area contributed by atoms with Crippen LogP contribution in [0.2, 0.25) is 0 Å². The maximum absolute atomic E-state index is 12.6. The maximum atomic E-state index is 12.6. The molecular weight excluding hydrogens is 418 g/mol. The van der Waals surface area contributed by atoms with Crippen molar-refractivity contribution in [2.24, 2.45) is 0 Å². The average molecular weight is 446 g/mol. The number of rotatable bonds is 8. The highest BCUT2D eigenvalue weighted by atomic mass is 32.2. The fraction of sp³-hybridized carbons (Fsp3) is 0.364. The molecule has 2 N–H and O–H groups in total. The molecule has 2 aromatic carbocycles. The van der Waals surface area contributed by atoms with Crippen LogP contribution in [-0.4, -0.2) is 57.4 Å². The summed E-state index contributed by atoms with van der Waals surface area (Å²) in [6.45, 7) is 3.46. The first kappa shape index (κ1) is 22.9. The summed E-state index contributed by atoms with van der Waals surface area (Å²) in [5, 5.41) is 5.56. The fourth-order valence-electron chi connectivity index (χ4n) is 3.27. The topological polar surface area (TPSA) is 105 Å². The molecule has 9 heteroatoms. The summed E-state index contributed by atoms with van der Waals surface area (Å²) in [5.41, 5.74) is 2.49. The maximum Gasteiger partial charge on any atom is 0.243 e. The molecule has 0 aliphatic carbocycles. The molecule has 2 aromatic rings. The van der Waals surface area contributed by atoms with Gasteiger partial charge < -0.3 is 15.4 Å². The van der Waals surface area contributed by atoms with Crippen molar-refractivity contribution < 1.29 is 22.7 Å². The van der Waals surface area contributed by atoms with Gasteiger partial charge in [0.05, 0.1) is 24.5 Å². The number of anilines is 1. The smallest absolute Gasteiger partial charge is 0.243 e. The van der Waals surface area contributed by atoms with Gasteiger partial charge in [-0.3, -0.25) is 9.59 Å². The Morgan fingerprint density at radius 1 is 0.968 bits per heavy atom. The minimum absolute atomic E-state index is 0.0983. The predicted molar refractivity (Wildman–Crippen MR) is 117 cm³/mol. The van der Waals surface area contributed by atoms with Crippen LogP contribution < -0.4 is 10.6 Å². The number of morpholine rings is 1. The summed E-state index contributed by atoms with van der Waals surface area (Å²) in [6.07, 6.45) is 0.849. The van der Waals surface area contributed by atoms with Gasteiger partial charge in [-0.25, -0.2) is 8.42 Å². The second kappa shape index (κ2) is 10.5. The van der Waals surface area contributed by atoms with Crippen LogP contribution in [0.3, 0.4) is 0 Å². The van der Waals surface area contributed by atoms with Crippen LogP contribution in [-0.2, 0) is 37.2 Å². The van der Waals surface area contributed by atoms with Crippen molar-refractivity contribution in [1.82, 2.24) is 9.62 Å². The summed E-state index contributed by atoms with van der Waals surface area (Å²) >= 11 is 0. The van der Waals surface area contributed by atoms with Gasteiger partial charge in [0.1, 0.15) is 0 Å². The quantitative estimate of drug-likeness (QED) is 0.642. The van der Waals surface area contributed by atoms with Crippen molar-refractivity contribution in [2.75, 3.05) is 38.2 Å². The van der Waals surface area contributed by atoms with E-state index < -0.39 is 10.0 Å². The summed E-state index contributed by atoms with van der Waals surface area (Å²) in [7, 11) is -3.50. The Morgan fingerprint density at radius 2 is 1.58 bits per heavy atom. The highest BCUT2D eigenvalue weighted by Gasteiger charge is 2.26. The molecule has 166 valence electrons. The van der Waals surface area contributed by atoms with E-state index in [4.69, 9.17) is 4.74 Å². The third-order valence-corrected chi connectivity index (χ3v) is 6.82. The Morgan fingerprint density at radius 3 is 2.19 bits per heavy atom. The number of carbonyl (C=O) groups is 2. The molecule has 1 saturated heterocycles. The lowest BCUT2D eigenvalue weighted by Crippen LogP contribution is -2.40. The van der Waals surface area contributed by atoms with Crippen molar-refractivity contribution >= 4 is 27.5 Å². The first-order valence-electron chi connectivity index (χ1n) is 10.1. The van der Waals surface area contributed by atoms with E-state index in [1.54, 1.807) is 48.5 Å². The largest absolute Gasteiger partial charge is 0.379 e. The monoisotopic (exact) mass is 445 g/mol. The highest BCUT2D eigenvalue weighted by Crippen LogP contribution is 2.18. The van der Waals surface area contributed by atoms with E-state index in [1.165, 1.54) is 11.2 Å². The normalized spacial score (nSPS) is 14.7. The second-order valence-electron chi connectivity index (χ2n) is 7.32. The number of amides is 2. The van der Waals surface area contributed by atoms with Crippen molar-refractivity contribution in [1.29, 1.82) is 0 Å². The molecule has 1 heterocycles. The number of benzene rings is 2. The molecule has 31 heavy (non-hydrogen) atoms. The molecule has 0 saturated carbocycles. The number of hydrogen-bond donors (Lipinski definition) is 2. The molecule has 0 radical (unpaired) electrons. The molecule has 0 bridgehead atoms. The molecule has 0 atom stereocenters. The zero-order valence-electron chi connectivity index (χ0n) is 17.5. The molecule has 8 nitrogen and oxygen atoms in total. The first-order chi connectivity index (χ1) is 14.8. The third kappa shape index (κ3) is 6.61. The molecule has 0 aromatic heterocycles. The Kier molecular flexibility index (Phi) is 7.78. The van der Waals surface area contributed by atoms with Crippen molar-refractivity contribution in [3.05, 3.63) is 59.7 Å². The standard InChI is InChI=1S/C22H27N3O5S/c1-17(26)24-20-6-2-19(3-7-20)16-22(27)23-11-10-18-4-8-21(9-5-18)31(28,29)25-12-14-30-15-13-25/h2-9H,10-16H2,1H3,(H,23,27)(H,24,26). The van der Waals surface area contributed by atoms with Gasteiger partial charge in [0.15, 0.2) is 0 Å². The zero-order chi connectivity index (χ0) is 22.3. The van der Waals surface area contributed by atoms with E-state index in [1.807, 2.05) is 0 Å². The summed E-state index contributed by atoms with van der Waals surface area (Å²) < 4.78 is 31.9. The Balaban J connectivity index is 1.46. The Labute approximate surface area is 182 Å². The van der Waals surface area contributed by atoms with Crippen LogP contribution in [0.4, 0.5) is 5.69 Å². The highest BCUT2D eigenvalue weighted by molar-refractivity contribution is 7.89. The SMILES string of the molecule is CC(=O)Nc1ccc(CC(=O)NCCc2ccc(S(=O)(=O)N3CCOCC3)cc2)cc1. The van der Waals surface area contributed by atoms with Gasteiger partial charge in [0.25, 0.3) is 0 Å². The van der Waals surface area contributed by atoms with E-state index in [9.17, 15) is 18.0 Å². The summed E-state index contributed by atoms with van der Waals surface area (Å²) in [6, 6.07) is 13.9. The number of nitrogens with zero attached hydrogens (tertiary/aromatic N) is 1. The average Bonchev–Trinajstić information content (AvgIpc) is 2.76. The van der Waals surface area contributed by atoms with E-state index in [0.717, 1.165) is 11.1 Å². The van der Waals surface area contributed by atoms with Gasteiger partial charge in [-0.2, -0.15) is 4.31 Å². The second-order valence-corrected chi connectivity index (χ2v) is 9.25. The van der Waals surface area contributed by atoms with Crippen LogP contribution in [0.25, 0.3) is 0 Å². The first-order valence-corrected chi connectivity index (χ1v) is 11.6. The van der Waals surface area contributed by atoms with E-state index >= 15 is 0 Å². The number of carbonyl (C=O) groups excluding carboxylic acids is 2. The molecule has 2 amide bonds. The van der Waals surface area contributed by atoms with Crippen LogP contribution in [0.15, 0.2) is 53.4 Å². The predicted octanol–water partition coefficient (Wildman–Crippen LogP) is 1.57. The molecular formula is C22H27N3O5S. The van der Waals surface area contributed by atoms with Gasteiger partial charge in [0, 0.05) is 32.2 Å². The minimum atomic E-state index is -3.50. The van der Waals surface area contributed by atoms with Gasteiger partial charge in [0.2, 0.25) is 21.8 Å². The summed E-state index contributed by atoms with van der Waals surface area (Å²) in [4.78, 5) is 23.5. The van der Waals surface area contributed by atoms with Crippen LogP contribution >= 0.6 is 0 Å². The molecule has 1 fully saturated rings.